The van der Waals surface area contributed by atoms with Gasteiger partial charge in [-0.3, -0.25) is 4.90 Å². The maximum atomic E-state index is 5.25. The van der Waals surface area contributed by atoms with E-state index >= 15 is 0 Å². The lowest BCUT2D eigenvalue weighted by Gasteiger charge is -2.21. The summed E-state index contributed by atoms with van der Waals surface area (Å²) in [6.07, 6.45) is 3.64. The molecule has 0 radical (unpaired) electrons. The molecule has 1 N–H and O–H groups in total. The molecule has 0 unspecified atom stereocenters. The van der Waals surface area contributed by atoms with Gasteiger partial charge in [0.05, 0.1) is 6.54 Å². The molecule has 2 fully saturated rings. The third-order valence-corrected chi connectivity index (χ3v) is 3.46. The molecular weight excluding hydrogens is 204 g/mol. The van der Waals surface area contributed by atoms with Gasteiger partial charge < -0.3 is 9.84 Å². The smallest absolute Gasteiger partial charge is 0.229 e. The summed E-state index contributed by atoms with van der Waals surface area (Å²) in [5.74, 6) is 2.23. The first-order valence-electron chi connectivity index (χ1n) is 6.06. The summed E-state index contributed by atoms with van der Waals surface area (Å²) in [6, 6.07) is 0.614. The molecule has 3 rings (SSSR count). The molecule has 0 aromatic carbocycles. The predicted octanol–water partition coefficient (Wildman–Crippen LogP) is 0.741. The van der Waals surface area contributed by atoms with Crippen molar-refractivity contribution in [1.29, 1.82) is 0 Å². The van der Waals surface area contributed by atoms with Crippen LogP contribution < -0.4 is 5.32 Å². The molecule has 2 aliphatic rings. The Morgan fingerprint density at radius 3 is 3.00 bits per heavy atom. The fourth-order valence-electron chi connectivity index (χ4n) is 2.20. The molecule has 1 aliphatic heterocycles. The highest BCUT2D eigenvalue weighted by Crippen LogP contribution is 2.38. The van der Waals surface area contributed by atoms with Gasteiger partial charge in [0.15, 0.2) is 5.82 Å². The summed E-state index contributed by atoms with van der Waals surface area (Å²) >= 11 is 0. The Bertz CT molecular complexity index is 355. The van der Waals surface area contributed by atoms with Crippen molar-refractivity contribution in [3.63, 3.8) is 0 Å². The largest absolute Gasteiger partial charge is 0.339 e. The average molecular weight is 222 g/mol. The van der Waals surface area contributed by atoms with Crippen molar-refractivity contribution in [2.75, 3.05) is 20.1 Å². The van der Waals surface area contributed by atoms with Crippen molar-refractivity contribution in [2.45, 2.75) is 37.8 Å². The van der Waals surface area contributed by atoms with E-state index < -0.39 is 0 Å². The highest BCUT2D eigenvalue weighted by atomic mass is 16.5. The highest BCUT2D eigenvalue weighted by molar-refractivity contribution is 5.01. The van der Waals surface area contributed by atoms with Gasteiger partial charge in [-0.1, -0.05) is 5.16 Å². The van der Waals surface area contributed by atoms with Crippen LogP contribution in [0.25, 0.3) is 0 Å². The molecule has 88 valence electrons. The maximum Gasteiger partial charge on any atom is 0.229 e. The predicted molar refractivity (Wildman–Crippen MR) is 59.0 cm³/mol. The first-order valence-corrected chi connectivity index (χ1v) is 6.06. The van der Waals surface area contributed by atoms with Crippen LogP contribution in [0.15, 0.2) is 4.52 Å². The zero-order valence-electron chi connectivity index (χ0n) is 9.65. The van der Waals surface area contributed by atoms with E-state index in [0.29, 0.717) is 12.0 Å². The van der Waals surface area contributed by atoms with Crippen molar-refractivity contribution in [3.05, 3.63) is 11.7 Å². The fourth-order valence-corrected chi connectivity index (χ4v) is 2.20. The number of nitrogens with zero attached hydrogens (tertiary/aromatic N) is 3. The summed E-state index contributed by atoms with van der Waals surface area (Å²) in [7, 11) is 2.13. The second-order valence-electron chi connectivity index (χ2n) is 4.88. The Labute approximate surface area is 95.2 Å². The maximum absolute atomic E-state index is 5.25. The third kappa shape index (κ3) is 2.10. The van der Waals surface area contributed by atoms with E-state index in [4.69, 9.17) is 4.52 Å². The average Bonchev–Trinajstić information content (AvgIpc) is 2.82. The minimum absolute atomic E-state index is 0.555. The van der Waals surface area contributed by atoms with Gasteiger partial charge in [0.2, 0.25) is 5.89 Å². The van der Waals surface area contributed by atoms with E-state index in [2.05, 4.69) is 27.4 Å². The van der Waals surface area contributed by atoms with Crippen molar-refractivity contribution in [2.24, 2.45) is 0 Å². The molecule has 1 saturated carbocycles. The number of hydrogen-bond acceptors (Lipinski definition) is 5. The van der Waals surface area contributed by atoms with Crippen LogP contribution in [0.4, 0.5) is 0 Å². The SMILES string of the molecule is CN(Cc1noc(C2CC2)n1)[C@@H]1CCNC1. The van der Waals surface area contributed by atoms with E-state index in [9.17, 15) is 0 Å². The number of rotatable bonds is 4. The molecule has 5 heteroatoms. The van der Waals surface area contributed by atoms with Gasteiger partial charge in [-0.2, -0.15) is 4.98 Å². The summed E-state index contributed by atoms with van der Waals surface area (Å²) in [5, 5.41) is 7.41. The number of nitrogens with one attached hydrogen (secondary N) is 1. The number of aromatic nitrogens is 2. The highest BCUT2D eigenvalue weighted by Gasteiger charge is 2.30. The van der Waals surface area contributed by atoms with Gasteiger partial charge in [0.1, 0.15) is 0 Å². The Morgan fingerprint density at radius 1 is 1.44 bits per heavy atom. The van der Waals surface area contributed by atoms with E-state index in [0.717, 1.165) is 31.3 Å². The zero-order chi connectivity index (χ0) is 11.0. The van der Waals surface area contributed by atoms with Crippen LogP contribution >= 0.6 is 0 Å². The minimum atomic E-state index is 0.555. The first kappa shape index (κ1) is 10.2. The quantitative estimate of drug-likeness (QED) is 0.814. The molecule has 0 amide bonds. The van der Waals surface area contributed by atoms with Gasteiger partial charge in [-0.15, -0.1) is 0 Å². The minimum Gasteiger partial charge on any atom is -0.339 e. The molecular formula is C11H18N4O. The topological polar surface area (TPSA) is 54.2 Å². The molecule has 2 heterocycles. The van der Waals surface area contributed by atoms with Gasteiger partial charge in [-0.05, 0) is 32.9 Å². The molecule has 16 heavy (non-hydrogen) atoms. The molecule has 1 saturated heterocycles. The summed E-state index contributed by atoms with van der Waals surface area (Å²) < 4.78 is 5.25. The fraction of sp³-hybridized carbons (Fsp3) is 0.818. The number of hydrogen-bond donors (Lipinski definition) is 1. The van der Waals surface area contributed by atoms with Crippen molar-refractivity contribution in [1.82, 2.24) is 20.4 Å². The van der Waals surface area contributed by atoms with Crippen LogP contribution in [0.1, 0.15) is 36.9 Å². The summed E-state index contributed by atoms with van der Waals surface area (Å²) in [4.78, 5) is 6.75. The standard InChI is InChI=1S/C11H18N4O/c1-15(9-4-5-12-6-9)7-10-13-11(16-14-10)8-2-3-8/h8-9,12H,2-7H2,1H3/t9-/m1/s1. The van der Waals surface area contributed by atoms with Crippen LogP contribution in [0.3, 0.4) is 0 Å². The van der Waals surface area contributed by atoms with E-state index in [1.54, 1.807) is 0 Å². The summed E-state index contributed by atoms with van der Waals surface area (Å²) in [5.41, 5.74) is 0. The zero-order valence-corrected chi connectivity index (χ0v) is 9.65. The Hall–Kier alpha value is -0.940. The lowest BCUT2D eigenvalue weighted by Crippen LogP contribution is -2.33. The monoisotopic (exact) mass is 222 g/mol. The van der Waals surface area contributed by atoms with Gasteiger partial charge in [0.25, 0.3) is 0 Å². The van der Waals surface area contributed by atoms with Gasteiger partial charge in [-0.25, -0.2) is 0 Å². The third-order valence-electron chi connectivity index (χ3n) is 3.46. The second kappa shape index (κ2) is 4.14. The molecule has 5 nitrogen and oxygen atoms in total. The Kier molecular flexibility index (Phi) is 2.65. The Balaban J connectivity index is 1.59. The van der Waals surface area contributed by atoms with Crippen LogP contribution in [0.5, 0.6) is 0 Å². The lowest BCUT2D eigenvalue weighted by molar-refractivity contribution is 0.239. The van der Waals surface area contributed by atoms with Gasteiger partial charge in [0, 0.05) is 18.5 Å². The first-order chi connectivity index (χ1) is 7.83. The Morgan fingerprint density at radius 2 is 2.31 bits per heavy atom. The molecule has 1 aromatic heterocycles. The number of likely N-dealkylation sites (N-methyl/N-ethyl adjacent to an activating group) is 1. The van der Waals surface area contributed by atoms with Crippen LogP contribution in [0, 0.1) is 0 Å². The van der Waals surface area contributed by atoms with E-state index in [1.807, 2.05) is 0 Å². The molecule has 1 atom stereocenters. The van der Waals surface area contributed by atoms with Gasteiger partial charge >= 0.3 is 0 Å². The normalized spacial score (nSPS) is 25.5. The van der Waals surface area contributed by atoms with E-state index in [-0.39, 0.29) is 0 Å². The second-order valence-corrected chi connectivity index (χ2v) is 4.88. The molecule has 0 bridgehead atoms. The molecule has 1 aromatic rings. The van der Waals surface area contributed by atoms with Crippen LogP contribution in [0.2, 0.25) is 0 Å². The lowest BCUT2D eigenvalue weighted by atomic mass is 10.2. The summed E-state index contributed by atoms with van der Waals surface area (Å²) in [6.45, 7) is 2.99. The molecule has 1 aliphatic carbocycles. The van der Waals surface area contributed by atoms with Crippen molar-refractivity contribution < 1.29 is 4.52 Å². The van der Waals surface area contributed by atoms with Crippen molar-refractivity contribution in [3.8, 4) is 0 Å². The molecule has 0 spiro atoms. The van der Waals surface area contributed by atoms with E-state index in [1.165, 1.54) is 19.3 Å². The van der Waals surface area contributed by atoms with Crippen LogP contribution in [-0.4, -0.2) is 41.2 Å². The van der Waals surface area contributed by atoms with Crippen LogP contribution in [-0.2, 0) is 6.54 Å². The van der Waals surface area contributed by atoms with Crippen molar-refractivity contribution >= 4 is 0 Å².